The predicted octanol–water partition coefficient (Wildman–Crippen LogP) is 3.75. The van der Waals surface area contributed by atoms with Gasteiger partial charge in [0.25, 0.3) is 0 Å². The van der Waals surface area contributed by atoms with E-state index < -0.39 is 41.4 Å². The third-order valence-electron chi connectivity index (χ3n) is 11.1. The Labute approximate surface area is 278 Å². The first-order chi connectivity index (χ1) is 21.5. The van der Waals surface area contributed by atoms with Gasteiger partial charge in [0, 0.05) is 45.2 Å². The fraction of sp³-hybridized carbons (Fsp3) is 0.889. The van der Waals surface area contributed by atoms with E-state index >= 15 is 0 Å². The van der Waals surface area contributed by atoms with Gasteiger partial charge in [-0.3, -0.25) is 14.5 Å². The fourth-order valence-corrected chi connectivity index (χ4v) is 7.87. The summed E-state index contributed by atoms with van der Waals surface area (Å²) in [7, 11) is 7.59. The highest BCUT2D eigenvalue weighted by atomic mass is 16.7. The van der Waals surface area contributed by atoms with Gasteiger partial charge in [-0.25, -0.2) is 0 Å². The summed E-state index contributed by atoms with van der Waals surface area (Å²) >= 11 is 0. The molecule has 1 saturated carbocycles. The SMILES string of the molecule is CO[C@]1(C)C[C@@H](C)CN(C)[C@H](C=C2CCN(CC3CC3)CC2)COC(=O)C(C)(C)C(=O)[C@H](C)[C@H]1O[C@@H]1O[C@H](C)C[C@H](N(C)C)[C@H]1O. The molecule has 3 saturated heterocycles. The maximum atomic E-state index is 14.2. The second kappa shape index (κ2) is 15.4. The van der Waals surface area contributed by atoms with E-state index in [4.69, 9.17) is 18.9 Å². The van der Waals surface area contributed by atoms with Crippen LogP contribution in [0.5, 0.6) is 0 Å². The molecule has 0 amide bonds. The zero-order chi connectivity index (χ0) is 34.0. The molecule has 0 aromatic rings. The molecule has 9 atom stereocenters. The first-order valence-corrected chi connectivity index (χ1v) is 17.6. The number of piperidine rings is 1. The van der Waals surface area contributed by atoms with Crippen LogP contribution >= 0.6 is 0 Å². The quantitative estimate of drug-likeness (QED) is 0.249. The number of esters is 1. The van der Waals surface area contributed by atoms with Crippen molar-refractivity contribution in [2.45, 2.75) is 122 Å². The van der Waals surface area contributed by atoms with Gasteiger partial charge in [0.2, 0.25) is 0 Å². The summed E-state index contributed by atoms with van der Waals surface area (Å²) in [4.78, 5) is 34.7. The van der Waals surface area contributed by atoms with Crippen LogP contribution in [0.4, 0.5) is 0 Å². The summed E-state index contributed by atoms with van der Waals surface area (Å²) in [5.41, 5.74) is -0.915. The van der Waals surface area contributed by atoms with Crippen LogP contribution in [-0.4, -0.2) is 135 Å². The van der Waals surface area contributed by atoms with E-state index in [-0.39, 0.29) is 36.5 Å². The number of Topliss-reactive ketones (excluding diaryl/α,β-unsaturated/α-hetero) is 1. The zero-order valence-corrected chi connectivity index (χ0v) is 30.3. The van der Waals surface area contributed by atoms with Gasteiger partial charge in [0.1, 0.15) is 18.1 Å². The molecular weight excluding hydrogens is 586 g/mol. The summed E-state index contributed by atoms with van der Waals surface area (Å²) in [6.07, 6.45) is 5.55. The Balaban J connectivity index is 1.60. The van der Waals surface area contributed by atoms with E-state index in [1.807, 2.05) is 32.8 Å². The first kappa shape index (κ1) is 37.4. The minimum absolute atomic E-state index is 0.100. The maximum absolute atomic E-state index is 14.2. The van der Waals surface area contributed by atoms with Gasteiger partial charge in [0.15, 0.2) is 12.1 Å². The summed E-state index contributed by atoms with van der Waals surface area (Å²) in [5, 5.41) is 11.3. The van der Waals surface area contributed by atoms with Crippen LogP contribution in [0.2, 0.25) is 0 Å². The topological polar surface area (TPSA) is 101 Å². The number of carbonyl (C=O) groups excluding carboxylic acids is 2. The molecule has 0 bridgehead atoms. The third-order valence-corrected chi connectivity index (χ3v) is 11.1. The highest BCUT2D eigenvalue weighted by Crippen LogP contribution is 2.38. The lowest BCUT2D eigenvalue weighted by molar-refractivity contribution is -0.295. The molecule has 3 aliphatic heterocycles. The van der Waals surface area contributed by atoms with E-state index in [0.29, 0.717) is 12.8 Å². The van der Waals surface area contributed by atoms with Gasteiger partial charge >= 0.3 is 5.97 Å². The Kier molecular flexibility index (Phi) is 12.6. The summed E-state index contributed by atoms with van der Waals surface area (Å²) in [6.45, 7) is 15.5. The van der Waals surface area contributed by atoms with Crippen molar-refractivity contribution in [1.29, 1.82) is 0 Å². The Morgan fingerprint density at radius 3 is 2.33 bits per heavy atom. The number of nitrogens with zero attached hydrogens (tertiary/aromatic N) is 3. The van der Waals surface area contributed by atoms with E-state index in [0.717, 1.165) is 38.4 Å². The minimum atomic E-state index is -1.41. The molecule has 1 N–H and O–H groups in total. The number of likely N-dealkylation sites (N-methyl/N-ethyl adjacent to an activating group) is 2. The molecule has 4 aliphatic rings. The lowest BCUT2D eigenvalue weighted by Crippen LogP contribution is -2.59. The van der Waals surface area contributed by atoms with Crippen molar-refractivity contribution >= 4 is 11.8 Å². The van der Waals surface area contributed by atoms with Gasteiger partial charge in [-0.2, -0.15) is 0 Å². The van der Waals surface area contributed by atoms with Gasteiger partial charge in [-0.05, 0) is 99.2 Å². The smallest absolute Gasteiger partial charge is 0.319 e. The number of likely N-dealkylation sites (tertiary alicyclic amines) is 1. The molecule has 4 fully saturated rings. The molecule has 1 aliphatic carbocycles. The molecule has 4 rings (SSSR count). The Bertz CT molecular complexity index is 1070. The van der Waals surface area contributed by atoms with Crippen LogP contribution in [0.25, 0.3) is 0 Å². The highest BCUT2D eigenvalue weighted by molar-refractivity contribution is 6.04. The standard InChI is InChI=1S/C36H63N3O7/c1-23-19-36(6,43-10)32(46-33-30(40)29(37(7)8)17-24(2)45-33)25(3)31(41)35(4,5)34(42)44-22-28(38(9)20-23)18-26-13-15-39(16-14-26)21-27-11-12-27/h18,23-25,27-30,32-33,40H,11-17,19-22H2,1-10H3/t23-,24-,25+,28-,29+,30-,32-,33+,36-/m1/s1. The molecule has 10 nitrogen and oxygen atoms in total. The lowest BCUT2D eigenvalue weighted by Gasteiger charge is -2.47. The maximum Gasteiger partial charge on any atom is 0.319 e. The molecular formula is C36H63N3O7. The summed E-state index contributed by atoms with van der Waals surface area (Å²) in [6, 6.07) is -0.268. The second-order valence-electron chi connectivity index (χ2n) is 15.9. The number of ether oxygens (including phenoxy) is 4. The fourth-order valence-electron chi connectivity index (χ4n) is 7.87. The van der Waals surface area contributed by atoms with Crippen molar-refractivity contribution in [3.8, 4) is 0 Å². The van der Waals surface area contributed by atoms with Crippen molar-refractivity contribution in [1.82, 2.24) is 14.7 Å². The monoisotopic (exact) mass is 649 g/mol. The largest absolute Gasteiger partial charge is 0.463 e. The van der Waals surface area contributed by atoms with Crippen molar-refractivity contribution in [3.63, 3.8) is 0 Å². The molecule has 0 radical (unpaired) electrons. The van der Waals surface area contributed by atoms with E-state index in [1.54, 1.807) is 27.9 Å². The Morgan fingerprint density at radius 1 is 1.09 bits per heavy atom. The lowest BCUT2D eigenvalue weighted by atomic mass is 9.74. The number of ketones is 1. The van der Waals surface area contributed by atoms with Crippen molar-refractivity contribution < 1.29 is 33.6 Å². The summed E-state index contributed by atoms with van der Waals surface area (Å²) < 4.78 is 25.0. The summed E-state index contributed by atoms with van der Waals surface area (Å²) in [5.74, 6) is -0.530. The number of carbonyl (C=O) groups is 2. The Hall–Kier alpha value is -1.40. The average Bonchev–Trinajstić information content (AvgIpc) is 3.82. The van der Waals surface area contributed by atoms with Crippen molar-refractivity contribution in [2.24, 2.45) is 23.2 Å². The molecule has 3 heterocycles. The van der Waals surface area contributed by atoms with Gasteiger partial charge in [-0.15, -0.1) is 0 Å². The van der Waals surface area contributed by atoms with Crippen molar-refractivity contribution in [3.05, 3.63) is 11.6 Å². The van der Waals surface area contributed by atoms with Gasteiger partial charge in [0.05, 0.1) is 23.9 Å². The number of hydrogen-bond donors (Lipinski definition) is 1. The normalized spacial score (nSPS) is 39.3. The van der Waals surface area contributed by atoms with Crippen LogP contribution in [0.15, 0.2) is 11.6 Å². The van der Waals surface area contributed by atoms with E-state index in [9.17, 15) is 14.7 Å². The molecule has 0 unspecified atom stereocenters. The predicted molar refractivity (Wildman–Crippen MR) is 178 cm³/mol. The minimum Gasteiger partial charge on any atom is -0.463 e. The van der Waals surface area contributed by atoms with Gasteiger partial charge in [-0.1, -0.05) is 25.5 Å². The van der Waals surface area contributed by atoms with Crippen LogP contribution in [-0.2, 0) is 28.5 Å². The molecule has 0 aromatic carbocycles. The highest BCUT2D eigenvalue weighted by Gasteiger charge is 2.51. The van der Waals surface area contributed by atoms with E-state index in [2.05, 4.69) is 29.8 Å². The van der Waals surface area contributed by atoms with Crippen LogP contribution in [0.1, 0.15) is 80.1 Å². The number of aliphatic hydroxyl groups is 1. The number of aliphatic hydroxyl groups excluding tert-OH is 1. The Morgan fingerprint density at radius 2 is 1.74 bits per heavy atom. The third kappa shape index (κ3) is 8.98. The van der Waals surface area contributed by atoms with Crippen LogP contribution in [0, 0.1) is 23.2 Å². The second-order valence-corrected chi connectivity index (χ2v) is 15.9. The van der Waals surface area contributed by atoms with E-state index in [1.165, 1.54) is 25.0 Å². The molecule has 10 heteroatoms. The number of hydrogen-bond acceptors (Lipinski definition) is 10. The zero-order valence-electron chi connectivity index (χ0n) is 30.3. The van der Waals surface area contributed by atoms with Crippen LogP contribution < -0.4 is 0 Å². The number of cyclic esters (lactones) is 1. The molecule has 0 spiro atoms. The molecule has 46 heavy (non-hydrogen) atoms. The first-order valence-electron chi connectivity index (χ1n) is 17.6. The van der Waals surface area contributed by atoms with Crippen LogP contribution in [0.3, 0.4) is 0 Å². The number of methoxy groups -OCH3 is 1. The number of rotatable bonds is 7. The molecule has 0 aromatic heterocycles. The average molecular weight is 650 g/mol. The van der Waals surface area contributed by atoms with Gasteiger partial charge < -0.3 is 33.9 Å². The molecule has 264 valence electrons. The van der Waals surface area contributed by atoms with Crippen molar-refractivity contribution in [2.75, 3.05) is 61.0 Å².